The first kappa shape index (κ1) is 33.2. The lowest BCUT2D eigenvalue weighted by atomic mass is 10.2. The van der Waals surface area contributed by atoms with E-state index in [0.29, 0.717) is 63.2 Å². The molecule has 0 spiro atoms. The minimum absolute atomic E-state index is 0.0839. The Morgan fingerprint density at radius 1 is 0.652 bits per heavy atom. The largest absolute Gasteiger partial charge is 0.481 e. The quantitative estimate of drug-likeness (QED) is 0.211. The van der Waals surface area contributed by atoms with Crippen molar-refractivity contribution in [2.24, 2.45) is 0 Å². The van der Waals surface area contributed by atoms with Gasteiger partial charge in [0.1, 0.15) is 28.6 Å². The van der Waals surface area contributed by atoms with Crippen LogP contribution < -0.4 is 36.1 Å². The number of pyridine rings is 1. The Morgan fingerprint density at radius 3 is 1.59 bits per heavy atom. The number of amides is 4. The summed E-state index contributed by atoms with van der Waals surface area (Å²) >= 11 is 0. The molecular weight excluding hydrogens is 598 g/mol. The summed E-state index contributed by atoms with van der Waals surface area (Å²) in [5.74, 6) is -1.05. The van der Waals surface area contributed by atoms with E-state index in [1.807, 2.05) is 0 Å². The Labute approximate surface area is 264 Å². The molecule has 0 aliphatic carbocycles. The average molecular weight is 634 g/mol. The van der Waals surface area contributed by atoms with Gasteiger partial charge in [0, 0.05) is 44.0 Å². The number of nitro groups is 1. The summed E-state index contributed by atoms with van der Waals surface area (Å²) in [5, 5.41) is 25.2. The van der Waals surface area contributed by atoms with Crippen LogP contribution in [0.5, 0.6) is 11.5 Å². The highest BCUT2D eigenvalue weighted by Crippen LogP contribution is 2.37. The van der Waals surface area contributed by atoms with Gasteiger partial charge in [0.15, 0.2) is 13.2 Å². The number of rotatable bonds is 3. The van der Waals surface area contributed by atoms with Crippen LogP contribution in [0.25, 0.3) is 0 Å². The number of nitrogens with zero attached hydrogens (tertiary/aromatic N) is 2. The molecular formula is C31H35N7O8. The number of carbonyl (C=O) groups is 4. The number of benzene rings is 2. The van der Waals surface area contributed by atoms with E-state index >= 15 is 0 Å². The van der Waals surface area contributed by atoms with Crippen molar-refractivity contribution in [1.82, 2.24) is 26.3 Å². The van der Waals surface area contributed by atoms with Crippen LogP contribution in [0.15, 0.2) is 60.7 Å². The van der Waals surface area contributed by atoms with Crippen LogP contribution in [0.4, 0.5) is 17.1 Å². The fourth-order valence-corrected chi connectivity index (χ4v) is 4.30. The molecule has 1 aliphatic rings. The Balaban J connectivity index is 1.44. The lowest BCUT2D eigenvalue weighted by Crippen LogP contribution is -2.32. The number of hydrogen-bond acceptors (Lipinski definition) is 10. The van der Waals surface area contributed by atoms with Gasteiger partial charge in [0.05, 0.1) is 4.92 Å². The van der Waals surface area contributed by atoms with Crippen LogP contribution in [0, 0.1) is 10.1 Å². The molecule has 1 aliphatic heterocycles. The third kappa shape index (κ3) is 10.2. The third-order valence-corrected chi connectivity index (χ3v) is 6.69. The molecule has 46 heavy (non-hydrogen) atoms. The standard InChI is InChI=1S/C31H35N7O8/c39-27-19-45-25-9-6-10-26(29(25)36-21-11-13-22(14-12-21)38(43)44)46-20-28(40)33-16-2-4-18-35-31(42)24-8-5-7-23(37-24)30(41)34-17-3-1-15-32-27/h5-14,36H,1-4,15-20H2,(H,32,39)(H,33,40)(H,34,41)(H,35,42). The molecule has 0 fully saturated rings. The van der Waals surface area contributed by atoms with Crippen LogP contribution in [-0.2, 0) is 9.59 Å². The maximum atomic E-state index is 12.5. The van der Waals surface area contributed by atoms with Crippen molar-refractivity contribution in [3.63, 3.8) is 0 Å². The first-order valence-electron chi connectivity index (χ1n) is 14.8. The van der Waals surface area contributed by atoms with Gasteiger partial charge in [-0.2, -0.15) is 0 Å². The van der Waals surface area contributed by atoms with E-state index in [0.717, 1.165) is 0 Å². The van der Waals surface area contributed by atoms with Crippen molar-refractivity contribution < 1.29 is 33.6 Å². The topological polar surface area (TPSA) is 203 Å². The molecule has 4 bridgehead atoms. The lowest BCUT2D eigenvalue weighted by molar-refractivity contribution is -0.384. The summed E-state index contributed by atoms with van der Waals surface area (Å²) in [4.78, 5) is 64.8. The maximum absolute atomic E-state index is 12.5. The number of para-hydroxylation sites is 1. The monoisotopic (exact) mass is 633 g/mol. The molecule has 0 radical (unpaired) electrons. The number of nitro benzene ring substituents is 1. The highest BCUT2D eigenvalue weighted by Gasteiger charge is 2.16. The van der Waals surface area contributed by atoms with E-state index in [4.69, 9.17) is 9.47 Å². The SMILES string of the molecule is O=C1COc2cccc(c2Nc2ccc([N+](=O)[O-])cc2)OCC(=O)NCCCCNC(=O)c2cccc(n2)C(=O)NCCCCN1. The van der Waals surface area contributed by atoms with Crippen LogP contribution in [-0.4, -0.2) is 72.9 Å². The van der Waals surface area contributed by atoms with E-state index in [-0.39, 0.29) is 53.6 Å². The van der Waals surface area contributed by atoms with Gasteiger partial charge in [0.2, 0.25) is 0 Å². The average Bonchev–Trinajstić information content (AvgIpc) is 3.06. The third-order valence-electron chi connectivity index (χ3n) is 6.69. The smallest absolute Gasteiger partial charge is 0.269 e. The van der Waals surface area contributed by atoms with Gasteiger partial charge < -0.3 is 36.1 Å². The zero-order valence-corrected chi connectivity index (χ0v) is 25.0. The number of hydrogen-bond donors (Lipinski definition) is 5. The maximum Gasteiger partial charge on any atom is 0.269 e. The van der Waals surface area contributed by atoms with Gasteiger partial charge in [-0.25, -0.2) is 4.98 Å². The second kappa shape index (κ2) is 16.9. The number of carbonyl (C=O) groups excluding carboxylic acids is 4. The summed E-state index contributed by atoms with van der Waals surface area (Å²) in [5.41, 5.74) is 0.970. The Bertz CT molecular complexity index is 1470. The van der Waals surface area contributed by atoms with Crippen LogP contribution >= 0.6 is 0 Å². The summed E-state index contributed by atoms with van der Waals surface area (Å²) in [6.45, 7) is 0.765. The Morgan fingerprint density at radius 2 is 1.11 bits per heavy atom. The molecule has 0 unspecified atom stereocenters. The summed E-state index contributed by atoms with van der Waals surface area (Å²) in [6.07, 6.45) is 2.34. The fraction of sp³-hybridized carbons (Fsp3) is 0.323. The molecule has 2 aromatic carbocycles. The van der Waals surface area contributed by atoms with Crippen LogP contribution in [0.1, 0.15) is 46.7 Å². The number of fused-ring (bicyclic) bond motifs is 4. The number of nitrogens with one attached hydrogen (secondary N) is 5. The van der Waals surface area contributed by atoms with E-state index in [2.05, 4.69) is 31.6 Å². The van der Waals surface area contributed by atoms with E-state index in [1.165, 1.54) is 36.4 Å². The van der Waals surface area contributed by atoms with E-state index < -0.39 is 16.7 Å². The molecule has 0 saturated carbocycles. The van der Waals surface area contributed by atoms with Gasteiger partial charge in [-0.05, 0) is 62.1 Å². The highest BCUT2D eigenvalue weighted by molar-refractivity contribution is 5.96. The molecule has 4 amide bonds. The number of non-ortho nitro benzene ring substituents is 1. The molecule has 1 aromatic heterocycles. The van der Waals surface area contributed by atoms with Crippen molar-refractivity contribution in [2.75, 3.05) is 44.7 Å². The fourth-order valence-electron chi connectivity index (χ4n) is 4.30. The molecule has 4 rings (SSSR count). The van der Waals surface area contributed by atoms with Crippen molar-refractivity contribution in [2.45, 2.75) is 25.7 Å². The van der Waals surface area contributed by atoms with Crippen molar-refractivity contribution in [1.29, 1.82) is 0 Å². The van der Waals surface area contributed by atoms with Crippen molar-refractivity contribution in [3.8, 4) is 11.5 Å². The zero-order chi connectivity index (χ0) is 32.7. The lowest BCUT2D eigenvalue weighted by Gasteiger charge is -2.18. The molecule has 15 nitrogen and oxygen atoms in total. The normalized spacial score (nSPS) is 15.9. The summed E-state index contributed by atoms with van der Waals surface area (Å²) in [6, 6.07) is 15.2. The predicted molar refractivity (Wildman–Crippen MR) is 167 cm³/mol. The molecule has 5 N–H and O–H groups in total. The first-order chi connectivity index (χ1) is 22.3. The van der Waals surface area contributed by atoms with Crippen LogP contribution in [0.3, 0.4) is 0 Å². The van der Waals surface area contributed by atoms with Gasteiger partial charge in [0.25, 0.3) is 29.3 Å². The van der Waals surface area contributed by atoms with Gasteiger partial charge in [-0.15, -0.1) is 0 Å². The summed E-state index contributed by atoms with van der Waals surface area (Å²) < 4.78 is 11.6. The molecule has 242 valence electrons. The van der Waals surface area contributed by atoms with Crippen molar-refractivity contribution in [3.05, 3.63) is 82.2 Å². The van der Waals surface area contributed by atoms with E-state index in [1.54, 1.807) is 24.3 Å². The minimum Gasteiger partial charge on any atom is -0.481 e. The highest BCUT2D eigenvalue weighted by atomic mass is 16.6. The second-order valence-electron chi connectivity index (χ2n) is 10.2. The van der Waals surface area contributed by atoms with Gasteiger partial charge in [-0.3, -0.25) is 29.3 Å². The predicted octanol–water partition coefficient (Wildman–Crippen LogP) is 2.46. The van der Waals surface area contributed by atoms with Crippen LogP contribution in [0.2, 0.25) is 0 Å². The Kier molecular flexibility index (Phi) is 12.2. The Hall–Kier alpha value is -5.73. The number of aromatic nitrogens is 1. The molecule has 2 heterocycles. The minimum atomic E-state index is -0.508. The van der Waals surface area contributed by atoms with Gasteiger partial charge >= 0.3 is 0 Å². The van der Waals surface area contributed by atoms with E-state index in [9.17, 15) is 29.3 Å². The first-order valence-corrected chi connectivity index (χ1v) is 14.8. The summed E-state index contributed by atoms with van der Waals surface area (Å²) in [7, 11) is 0. The van der Waals surface area contributed by atoms with Gasteiger partial charge in [-0.1, -0.05) is 12.1 Å². The molecule has 3 aromatic rings. The van der Waals surface area contributed by atoms with Crippen molar-refractivity contribution >= 4 is 40.7 Å². The number of ether oxygens (including phenoxy) is 2. The zero-order valence-electron chi connectivity index (χ0n) is 25.0. The number of anilines is 2. The second-order valence-corrected chi connectivity index (χ2v) is 10.2. The molecule has 0 atom stereocenters. The molecule has 0 saturated heterocycles. The molecule has 15 heteroatoms.